The molecule has 3 rings (SSSR count). The van der Waals surface area contributed by atoms with Crippen LogP contribution in [0.4, 0.5) is 5.82 Å². The molecule has 0 amide bonds. The number of hydrogen-bond acceptors (Lipinski definition) is 3. The maximum absolute atomic E-state index is 5.86. The first-order valence-corrected chi connectivity index (χ1v) is 6.50. The Labute approximate surface area is 108 Å². The molecule has 0 saturated heterocycles. The molecule has 0 bridgehead atoms. The molecular weight excluding hydrogens is 282 g/mol. The van der Waals surface area contributed by atoms with Gasteiger partial charge in [0.1, 0.15) is 23.9 Å². The number of nitrogens with two attached hydrogens (primary N) is 1. The highest BCUT2D eigenvalue weighted by Gasteiger charge is 2.36. The van der Waals surface area contributed by atoms with Crippen LogP contribution in [0.1, 0.15) is 30.8 Å². The van der Waals surface area contributed by atoms with Crippen molar-refractivity contribution in [2.45, 2.75) is 25.8 Å². The fourth-order valence-electron chi connectivity index (χ4n) is 2.04. The van der Waals surface area contributed by atoms with E-state index in [2.05, 4.69) is 34.0 Å². The van der Waals surface area contributed by atoms with Crippen molar-refractivity contribution in [3.05, 3.63) is 34.3 Å². The van der Waals surface area contributed by atoms with Crippen LogP contribution in [-0.2, 0) is 6.54 Å². The largest absolute Gasteiger partial charge is 0.464 e. The van der Waals surface area contributed by atoms with Crippen LogP contribution in [0.5, 0.6) is 0 Å². The predicted molar refractivity (Wildman–Crippen MR) is 68.7 cm³/mol. The second kappa shape index (κ2) is 3.91. The Kier molecular flexibility index (Phi) is 2.50. The molecule has 90 valence electrons. The molecular formula is C12H14BrN3O. The summed E-state index contributed by atoms with van der Waals surface area (Å²) in [6.07, 6.45) is 2.94. The van der Waals surface area contributed by atoms with Gasteiger partial charge in [0.2, 0.25) is 0 Å². The third-order valence-corrected chi connectivity index (χ3v) is 3.91. The van der Waals surface area contributed by atoms with Crippen LogP contribution in [0.2, 0.25) is 0 Å². The van der Waals surface area contributed by atoms with Crippen molar-refractivity contribution >= 4 is 21.7 Å². The fraction of sp³-hybridized carbons (Fsp3) is 0.417. The van der Waals surface area contributed by atoms with Crippen molar-refractivity contribution < 1.29 is 4.42 Å². The lowest BCUT2D eigenvalue weighted by atomic mass is 10.3. The molecule has 2 aromatic heterocycles. The zero-order valence-electron chi connectivity index (χ0n) is 9.56. The molecule has 1 aliphatic carbocycles. The quantitative estimate of drug-likeness (QED) is 0.947. The van der Waals surface area contributed by atoms with E-state index < -0.39 is 0 Å². The normalized spacial score (nSPS) is 22.9. The molecule has 0 spiro atoms. The lowest BCUT2D eigenvalue weighted by molar-refractivity contribution is 0.443. The van der Waals surface area contributed by atoms with E-state index in [9.17, 15) is 0 Å². The monoisotopic (exact) mass is 295 g/mol. The summed E-state index contributed by atoms with van der Waals surface area (Å²) in [5, 5.41) is 4.18. The number of anilines is 1. The van der Waals surface area contributed by atoms with E-state index in [-0.39, 0.29) is 0 Å². The van der Waals surface area contributed by atoms with Crippen LogP contribution >= 0.6 is 15.9 Å². The van der Waals surface area contributed by atoms with Crippen molar-refractivity contribution in [3.8, 4) is 0 Å². The SMILES string of the molecule is CC1CC1c1ccc(Cn2ncc(Br)c2N)o1. The first kappa shape index (κ1) is 10.9. The Morgan fingerprint density at radius 3 is 2.94 bits per heavy atom. The average Bonchev–Trinajstić information content (AvgIpc) is 2.72. The van der Waals surface area contributed by atoms with Crippen LogP contribution in [0.15, 0.2) is 27.2 Å². The van der Waals surface area contributed by atoms with Gasteiger partial charge >= 0.3 is 0 Å². The van der Waals surface area contributed by atoms with Crippen molar-refractivity contribution in [1.29, 1.82) is 0 Å². The summed E-state index contributed by atoms with van der Waals surface area (Å²) in [7, 11) is 0. The van der Waals surface area contributed by atoms with Crippen LogP contribution in [0, 0.1) is 5.92 Å². The zero-order chi connectivity index (χ0) is 12.0. The minimum absolute atomic E-state index is 0.582. The molecule has 2 unspecified atom stereocenters. The summed E-state index contributed by atoms with van der Waals surface area (Å²) in [6, 6.07) is 4.08. The fourth-order valence-corrected chi connectivity index (χ4v) is 2.34. The predicted octanol–water partition coefficient (Wildman–Crippen LogP) is 2.99. The highest BCUT2D eigenvalue weighted by molar-refractivity contribution is 9.10. The number of hydrogen-bond donors (Lipinski definition) is 1. The highest BCUT2D eigenvalue weighted by Crippen LogP contribution is 2.47. The smallest absolute Gasteiger partial charge is 0.136 e. The summed E-state index contributed by atoms with van der Waals surface area (Å²) in [6.45, 7) is 2.83. The molecule has 0 aromatic carbocycles. The summed E-state index contributed by atoms with van der Waals surface area (Å²) in [4.78, 5) is 0. The molecule has 0 radical (unpaired) electrons. The number of furan rings is 1. The van der Waals surface area contributed by atoms with Crippen LogP contribution < -0.4 is 5.73 Å². The van der Waals surface area contributed by atoms with E-state index in [0.29, 0.717) is 18.3 Å². The van der Waals surface area contributed by atoms with E-state index in [1.54, 1.807) is 10.9 Å². The molecule has 17 heavy (non-hydrogen) atoms. The number of rotatable bonds is 3. The lowest BCUT2D eigenvalue weighted by Crippen LogP contribution is -2.05. The maximum atomic E-state index is 5.86. The zero-order valence-corrected chi connectivity index (χ0v) is 11.1. The molecule has 2 aromatic rings. The van der Waals surface area contributed by atoms with Gasteiger partial charge < -0.3 is 10.2 Å². The van der Waals surface area contributed by atoms with Crippen LogP contribution in [0.3, 0.4) is 0 Å². The van der Waals surface area contributed by atoms with Gasteiger partial charge in [0.25, 0.3) is 0 Å². The molecule has 5 heteroatoms. The summed E-state index contributed by atoms with van der Waals surface area (Å²) < 4.78 is 8.36. The number of nitrogen functional groups attached to an aromatic ring is 1. The van der Waals surface area contributed by atoms with Gasteiger partial charge in [-0.3, -0.25) is 0 Å². The second-order valence-electron chi connectivity index (χ2n) is 4.66. The Balaban J connectivity index is 1.77. The number of halogens is 1. The first-order valence-electron chi connectivity index (χ1n) is 5.70. The van der Waals surface area contributed by atoms with Gasteiger partial charge in [0.05, 0.1) is 10.7 Å². The minimum Gasteiger partial charge on any atom is -0.464 e. The van der Waals surface area contributed by atoms with Crippen molar-refractivity contribution in [3.63, 3.8) is 0 Å². The van der Waals surface area contributed by atoms with E-state index >= 15 is 0 Å². The summed E-state index contributed by atoms with van der Waals surface area (Å²) in [5.74, 6) is 4.00. The Morgan fingerprint density at radius 2 is 2.35 bits per heavy atom. The van der Waals surface area contributed by atoms with Gasteiger partial charge in [-0.25, -0.2) is 4.68 Å². The third-order valence-electron chi connectivity index (χ3n) is 3.30. The molecule has 1 fully saturated rings. The Morgan fingerprint density at radius 1 is 1.59 bits per heavy atom. The molecule has 2 heterocycles. The molecule has 4 nitrogen and oxygen atoms in total. The Bertz CT molecular complexity index is 546. The average molecular weight is 296 g/mol. The van der Waals surface area contributed by atoms with Gasteiger partial charge in [-0.2, -0.15) is 5.10 Å². The maximum Gasteiger partial charge on any atom is 0.136 e. The first-order chi connectivity index (χ1) is 8.15. The molecule has 2 atom stereocenters. The molecule has 1 aliphatic rings. The summed E-state index contributed by atoms with van der Waals surface area (Å²) in [5.41, 5.74) is 5.86. The lowest BCUT2D eigenvalue weighted by Gasteiger charge is -2.01. The molecule has 2 N–H and O–H groups in total. The molecule has 1 saturated carbocycles. The van der Waals surface area contributed by atoms with Crippen LogP contribution in [0.25, 0.3) is 0 Å². The van der Waals surface area contributed by atoms with Crippen molar-refractivity contribution in [2.24, 2.45) is 5.92 Å². The van der Waals surface area contributed by atoms with Crippen LogP contribution in [-0.4, -0.2) is 9.78 Å². The summed E-state index contributed by atoms with van der Waals surface area (Å²) >= 11 is 3.34. The van der Waals surface area contributed by atoms with E-state index in [1.807, 2.05) is 6.07 Å². The van der Waals surface area contributed by atoms with Gasteiger partial charge in [0.15, 0.2) is 0 Å². The standard InChI is InChI=1S/C12H14BrN3O/c1-7-4-9(7)11-3-2-8(17-11)6-16-12(14)10(13)5-15-16/h2-3,5,7,9H,4,6,14H2,1H3. The topological polar surface area (TPSA) is 57.0 Å². The molecule has 0 aliphatic heterocycles. The minimum atomic E-state index is 0.582. The second-order valence-corrected chi connectivity index (χ2v) is 5.51. The third kappa shape index (κ3) is 1.99. The van der Waals surface area contributed by atoms with Gasteiger partial charge in [-0.05, 0) is 40.4 Å². The number of nitrogens with zero attached hydrogens (tertiary/aromatic N) is 2. The van der Waals surface area contributed by atoms with Crippen molar-refractivity contribution in [1.82, 2.24) is 9.78 Å². The number of aromatic nitrogens is 2. The van der Waals surface area contributed by atoms with Gasteiger partial charge in [0, 0.05) is 5.92 Å². The Hall–Kier alpha value is -1.23. The van der Waals surface area contributed by atoms with Crippen molar-refractivity contribution in [2.75, 3.05) is 5.73 Å². The highest BCUT2D eigenvalue weighted by atomic mass is 79.9. The van der Waals surface area contributed by atoms with E-state index in [4.69, 9.17) is 10.2 Å². The van der Waals surface area contributed by atoms with E-state index in [1.165, 1.54) is 6.42 Å². The van der Waals surface area contributed by atoms with E-state index in [0.717, 1.165) is 21.9 Å². The van der Waals surface area contributed by atoms with Gasteiger partial charge in [-0.1, -0.05) is 6.92 Å². The van der Waals surface area contributed by atoms with Gasteiger partial charge in [-0.15, -0.1) is 0 Å².